The SMILES string of the molecule is O=C1CCSc2cccc(-c3ccccc3)c2N1. The lowest BCUT2D eigenvalue weighted by atomic mass is 10.0. The Morgan fingerprint density at radius 3 is 2.67 bits per heavy atom. The van der Waals surface area contributed by atoms with Gasteiger partial charge in [-0.25, -0.2) is 0 Å². The van der Waals surface area contributed by atoms with Crippen molar-refractivity contribution in [2.24, 2.45) is 0 Å². The Labute approximate surface area is 110 Å². The predicted octanol–water partition coefficient (Wildman–Crippen LogP) is 3.79. The normalized spacial score (nSPS) is 14.6. The molecule has 2 aromatic rings. The van der Waals surface area contributed by atoms with E-state index in [1.165, 1.54) is 0 Å². The zero-order chi connectivity index (χ0) is 12.4. The molecule has 0 spiro atoms. The van der Waals surface area contributed by atoms with Crippen LogP contribution in [0.25, 0.3) is 11.1 Å². The first-order chi connectivity index (χ1) is 8.84. The van der Waals surface area contributed by atoms with Crippen molar-refractivity contribution in [1.82, 2.24) is 0 Å². The van der Waals surface area contributed by atoms with Crippen LogP contribution in [0.4, 0.5) is 5.69 Å². The first-order valence-corrected chi connectivity index (χ1v) is 6.94. The molecule has 0 aromatic heterocycles. The van der Waals surface area contributed by atoms with Gasteiger partial charge in [-0.15, -0.1) is 11.8 Å². The maximum atomic E-state index is 11.7. The highest BCUT2D eigenvalue weighted by molar-refractivity contribution is 7.99. The van der Waals surface area contributed by atoms with Crippen molar-refractivity contribution in [3.63, 3.8) is 0 Å². The fourth-order valence-corrected chi connectivity index (χ4v) is 3.08. The lowest BCUT2D eigenvalue weighted by molar-refractivity contribution is -0.115. The van der Waals surface area contributed by atoms with Crippen LogP contribution in [0.2, 0.25) is 0 Å². The van der Waals surface area contributed by atoms with Crippen LogP contribution in [0, 0.1) is 0 Å². The molecule has 18 heavy (non-hydrogen) atoms. The van der Waals surface area contributed by atoms with Gasteiger partial charge in [0.15, 0.2) is 0 Å². The summed E-state index contributed by atoms with van der Waals surface area (Å²) in [5.74, 6) is 0.946. The number of para-hydroxylation sites is 1. The highest BCUT2D eigenvalue weighted by Crippen LogP contribution is 2.38. The summed E-state index contributed by atoms with van der Waals surface area (Å²) in [6, 6.07) is 16.3. The number of carbonyl (C=O) groups is 1. The fourth-order valence-electron chi connectivity index (χ4n) is 2.09. The number of anilines is 1. The van der Waals surface area contributed by atoms with E-state index in [1.807, 2.05) is 24.3 Å². The zero-order valence-corrected chi connectivity index (χ0v) is 10.7. The molecule has 0 fully saturated rings. The van der Waals surface area contributed by atoms with E-state index >= 15 is 0 Å². The molecular weight excluding hydrogens is 242 g/mol. The number of benzene rings is 2. The van der Waals surface area contributed by atoms with Crippen LogP contribution in [-0.2, 0) is 4.79 Å². The number of thioether (sulfide) groups is 1. The van der Waals surface area contributed by atoms with Crippen molar-refractivity contribution < 1.29 is 4.79 Å². The molecular formula is C15H13NOS. The summed E-state index contributed by atoms with van der Waals surface area (Å²) in [6.07, 6.45) is 0.577. The lowest BCUT2D eigenvalue weighted by Gasteiger charge is -2.12. The number of rotatable bonds is 1. The van der Waals surface area contributed by atoms with Gasteiger partial charge in [0.25, 0.3) is 0 Å². The molecule has 0 saturated carbocycles. The van der Waals surface area contributed by atoms with Crippen LogP contribution < -0.4 is 5.32 Å². The molecule has 90 valence electrons. The Balaban J connectivity index is 2.14. The highest BCUT2D eigenvalue weighted by atomic mass is 32.2. The van der Waals surface area contributed by atoms with Gasteiger partial charge in [0.1, 0.15) is 0 Å². The molecule has 0 saturated heterocycles. The minimum atomic E-state index is 0.102. The predicted molar refractivity (Wildman–Crippen MR) is 75.8 cm³/mol. The summed E-state index contributed by atoms with van der Waals surface area (Å²) in [6.45, 7) is 0. The van der Waals surface area contributed by atoms with E-state index in [-0.39, 0.29) is 5.91 Å². The van der Waals surface area contributed by atoms with Crippen molar-refractivity contribution in [2.45, 2.75) is 11.3 Å². The van der Waals surface area contributed by atoms with E-state index in [9.17, 15) is 4.79 Å². The Morgan fingerprint density at radius 2 is 1.83 bits per heavy atom. The van der Waals surface area contributed by atoms with E-state index < -0.39 is 0 Å². The van der Waals surface area contributed by atoms with Crippen molar-refractivity contribution in [2.75, 3.05) is 11.1 Å². The third-order valence-corrected chi connectivity index (χ3v) is 4.02. The van der Waals surface area contributed by atoms with Crippen LogP contribution in [0.1, 0.15) is 6.42 Å². The summed E-state index contributed by atoms with van der Waals surface area (Å²) in [4.78, 5) is 12.9. The number of hydrogen-bond acceptors (Lipinski definition) is 2. The van der Waals surface area contributed by atoms with Crippen LogP contribution in [-0.4, -0.2) is 11.7 Å². The van der Waals surface area contributed by atoms with Gasteiger partial charge in [0.05, 0.1) is 5.69 Å². The maximum Gasteiger partial charge on any atom is 0.225 e. The molecule has 1 aliphatic rings. The van der Waals surface area contributed by atoms with Crippen molar-refractivity contribution in [1.29, 1.82) is 0 Å². The van der Waals surface area contributed by atoms with Crippen LogP contribution in [0.3, 0.4) is 0 Å². The average molecular weight is 255 g/mol. The largest absolute Gasteiger partial charge is 0.325 e. The molecule has 1 N–H and O–H groups in total. The summed E-state index contributed by atoms with van der Waals surface area (Å²) < 4.78 is 0. The maximum absolute atomic E-state index is 11.7. The van der Waals surface area contributed by atoms with Crippen molar-refractivity contribution in [3.05, 3.63) is 48.5 Å². The van der Waals surface area contributed by atoms with Crippen LogP contribution in [0.5, 0.6) is 0 Å². The molecule has 3 heteroatoms. The summed E-state index contributed by atoms with van der Waals surface area (Å²) in [7, 11) is 0. The van der Waals surface area contributed by atoms with Gasteiger partial charge in [0, 0.05) is 22.6 Å². The highest BCUT2D eigenvalue weighted by Gasteiger charge is 2.16. The molecule has 0 atom stereocenters. The number of hydrogen-bond donors (Lipinski definition) is 1. The number of carbonyl (C=O) groups excluding carboxylic acids is 1. The second kappa shape index (κ2) is 4.86. The van der Waals surface area contributed by atoms with Crippen molar-refractivity contribution in [3.8, 4) is 11.1 Å². The molecule has 2 nitrogen and oxygen atoms in total. The number of amides is 1. The Morgan fingerprint density at radius 1 is 1.00 bits per heavy atom. The van der Waals surface area contributed by atoms with Gasteiger partial charge < -0.3 is 5.32 Å². The van der Waals surface area contributed by atoms with Gasteiger partial charge in [-0.1, -0.05) is 42.5 Å². The smallest absolute Gasteiger partial charge is 0.225 e. The third-order valence-electron chi connectivity index (χ3n) is 2.96. The first kappa shape index (κ1) is 11.4. The minimum absolute atomic E-state index is 0.102. The molecule has 0 aliphatic carbocycles. The Bertz CT molecular complexity index is 580. The topological polar surface area (TPSA) is 29.1 Å². The van der Waals surface area contributed by atoms with E-state index in [2.05, 4.69) is 29.6 Å². The second-order valence-corrected chi connectivity index (χ2v) is 5.33. The van der Waals surface area contributed by atoms with Gasteiger partial charge in [-0.3, -0.25) is 4.79 Å². The monoisotopic (exact) mass is 255 g/mol. The average Bonchev–Trinajstić information content (AvgIpc) is 2.60. The Kier molecular flexibility index (Phi) is 3.07. The molecule has 2 aromatic carbocycles. The Hall–Kier alpha value is -1.74. The summed E-state index contributed by atoms with van der Waals surface area (Å²) in [5.41, 5.74) is 3.18. The lowest BCUT2D eigenvalue weighted by Crippen LogP contribution is -2.10. The molecule has 3 rings (SSSR count). The quantitative estimate of drug-likeness (QED) is 0.840. The van der Waals surface area contributed by atoms with Gasteiger partial charge in [-0.05, 0) is 11.6 Å². The molecule has 0 radical (unpaired) electrons. The zero-order valence-electron chi connectivity index (χ0n) is 9.85. The van der Waals surface area contributed by atoms with Crippen LogP contribution in [0.15, 0.2) is 53.4 Å². The summed E-state index contributed by atoms with van der Waals surface area (Å²) in [5, 5.41) is 3.03. The molecule has 0 bridgehead atoms. The van der Waals surface area contributed by atoms with Gasteiger partial charge in [-0.2, -0.15) is 0 Å². The van der Waals surface area contributed by atoms with Crippen LogP contribution >= 0.6 is 11.8 Å². The second-order valence-electron chi connectivity index (χ2n) is 4.19. The van der Waals surface area contributed by atoms with Gasteiger partial charge >= 0.3 is 0 Å². The fraction of sp³-hybridized carbons (Fsp3) is 0.133. The molecule has 1 heterocycles. The van der Waals surface area contributed by atoms with Crippen molar-refractivity contribution >= 4 is 23.4 Å². The standard InChI is InChI=1S/C15H13NOS/c17-14-9-10-18-13-8-4-7-12(15(13)16-14)11-5-2-1-3-6-11/h1-8H,9-10H2,(H,16,17). The third kappa shape index (κ3) is 2.14. The molecule has 1 amide bonds. The van der Waals surface area contributed by atoms with E-state index in [0.29, 0.717) is 6.42 Å². The molecule has 1 aliphatic heterocycles. The minimum Gasteiger partial charge on any atom is -0.325 e. The van der Waals surface area contributed by atoms with E-state index in [0.717, 1.165) is 27.5 Å². The number of nitrogens with one attached hydrogen (secondary N) is 1. The first-order valence-electron chi connectivity index (χ1n) is 5.96. The summed E-state index contributed by atoms with van der Waals surface area (Å²) >= 11 is 1.74. The number of fused-ring (bicyclic) bond motifs is 1. The van der Waals surface area contributed by atoms with E-state index in [1.54, 1.807) is 11.8 Å². The molecule has 0 unspecified atom stereocenters. The van der Waals surface area contributed by atoms with E-state index in [4.69, 9.17) is 0 Å². The van der Waals surface area contributed by atoms with Gasteiger partial charge in [0.2, 0.25) is 5.91 Å².